The van der Waals surface area contributed by atoms with Crippen LogP contribution in [0.1, 0.15) is 12.0 Å². The molecule has 29 heavy (non-hydrogen) atoms. The average molecular weight is 392 g/mol. The van der Waals surface area contributed by atoms with E-state index in [9.17, 15) is 14.4 Å². The molecule has 0 aliphatic carbocycles. The number of carbonyl (C=O) groups is 3. The van der Waals surface area contributed by atoms with Crippen molar-refractivity contribution in [1.82, 2.24) is 10.2 Å². The Kier molecular flexibility index (Phi) is 5.46. The Balaban J connectivity index is 1.34. The van der Waals surface area contributed by atoms with E-state index in [2.05, 4.69) is 10.6 Å². The third-order valence-electron chi connectivity index (χ3n) is 5.38. The maximum absolute atomic E-state index is 12.7. The smallest absolute Gasteiger partial charge is 0.321 e. The topological polar surface area (TPSA) is 81.8 Å². The van der Waals surface area contributed by atoms with E-state index < -0.39 is 0 Å². The lowest BCUT2D eigenvalue weighted by molar-refractivity contribution is -0.128. The molecule has 2 heterocycles. The van der Waals surface area contributed by atoms with E-state index in [-0.39, 0.29) is 30.2 Å². The van der Waals surface area contributed by atoms with Crippen LogP contribution in [0.15, 0.2) is 54.6 Å². The van der Waals surface area contributed by atoms with Crippen molar-refractivity contribution in [2.75, 3.05) is 36.4 Å². The summed E-state index contributed by atoms with van der Waals surface area (Å²) in [5.41, 5.74) is 2.54. The van der Waals surface area contributed by atoms with Crippen molar-refractivity contribution in [2.45, 2.75) is 12.8 Å². The summed E-state index contributed by atoms with van der Waals surface area (Å²) < 4.78 is 0. The summed E-state index contributed by atoms with van der Waals surface area (Å²) in [6.07, 6.45) is 1.01. The Morgan fingerprint density at radius 1 is 1.10 bits per heavy atom. The van der Waals surface area contributed by atoms with Crippen LogP contribution in [0, 0.1) is 5.92 Å². The summed E-state index contributed by atoms with van der Waals surface area (Å²) in [6, 6.07) is 17.1. The second-order valence-electron chi connectivity index (χ2n) is 7.40. The first-order valence-corrected chi connectivity index (χ1v) is 9.88. The number of amides is 4. The molecule has 0 saturated carbocycles. The third-order valence-corrected chi connectivity index (χ3v) is 5.38. The minimum absolute atomic E-state index is 0.0172. The van der Waals surface area contributed by atoms with Gasteiger partial charge in [-0.3, -0.25) is 14.5 Å². The maximum atomic E-state index is 12.7. The number of rotatable bonds is 6. The maximum Gasteiger partial charge on any atom is 0.321 e. The fraction of sp³-hybridized carbons (Fsp3) is 0.318. The van der Waals surface area contributed by atoms with Gasteiger partial charge in [0.2, 0.25) is 11.8 Å². The molecule has 2 aliphatic rings. The summed E-state index contributed by atoms with van der Waals surface area (Å²) in [5.74, 6) is -0.510. The predicted molar refractivity (Wildman–Crippen MR) is 111 cm³/mol. The van der Waals surface area contributed by atoms with Gasteiger partial charge < -0.3 is 15.5 Å². The largest absolute Gasteiger partial charge is 0.342 e. The molecule has 1 atom stereocenters. The van der Waals surface area contributed by atoms with Crippen LogP contribution < -0.4 is 15.5 Å². The van der Waals surface area contributed by atoms with Crippen LogP contribution in [0.2, 0.25) is 0 Å². The van der Waals surface area contributed by atoms with Crippen molar-refractivity contribution in [3.05, 3.63) is 60.2 Å². The van der Waals surface area contributed by atoms with E-state index in [0.717, 1.165) is 12.1 Å². The highest BCUT2D eigenvalue weighted by atomic mass is 16.2. The van der Waals surface area contributed by atoms with E-state index in [4.69, 9.17) is 0 Å². The van der Waals surface area contributed by atoms with Gasteiger partial charge in [-0.2, -0.15) is 0 Å². The first-order chi connectivity index (χ1) is 14.1. The van der Waals surface area contributed by atoms with Crippen molar-refractivity contribution in [3.8, 4) is 0 Å². The van der Waals surface area contributed by atoms with Crippen LogP contribution in [-0.2, 0) is 16.0 Å². The van der Waals surface area contributed by atoms with Gasteiger partial charge in [0.05, 0.1) is 5.92 Å². The molecular formula is C22H24N4O3. The second kappa shape index (κ2) is 8.34. The number of anilines is 2. The Hall–Kier alpha value is -3.35. The van der Waals surface area contributed by atoms with Crippen molar-refractivity contribution in [2.24, 2.45) is 5.92 Å². The molecule has 1 unspecified atom stereocenters. The van der Waals surface area contributed by atoms with E-state index in [0.29, 0.717) is 31.9 Å². The lowest BCUT2D eigenvalue weighted by atomic mass is 10.1. The van der Waals surface area contributed by atoms with Crippen LogP contribution in [0.4, 0.5) is 16.2 Å². The van der Waals surface area contributed by atoms with Crippen molar-refractivity contribution in [3.63, 3.8) is 0 Å². The molecule has 4 amide bonds. The quantitative estimate of drug-likeness (QED) is 0.791. The summed E-state index contributed by atoms with van der Waals surface area (Å²) in [7, 11) is 0. The highest BCUT2D eigenvalue weighted by Gasteiger charge is 2.34. The van der Waals surface area contributed by atoms with Gasteiger partial charge in [0, 0.05) is 44.0 Å². The van der Waals surface area contributed by atoms with E-state index in [1.807, 2.05) is 42.5 Å². The normalized spacial score (nSPS) is 18.8. The lowest BCUT2D eigenvalue weighted by Crippen LogP contribution is -2.30. The molecule has 2 aliphatic heterocycles. The zero-order valence-corrected chi connectivity index (χ0v) is 16.1. The van der Waals surface area contributed by atoms with E-state index in [1.54, 1.807) is 21.9 Å². The molecule has 2 saturated heterocycles. The molecule has 2 fully saturated rings. The van der Waals surface area contributed by atoms with Gasteiger partial charge >= 0.3 is 6.03 Å². The van der Waals surface area contributed by atoms with Gasteiger partial charge in [0.15, 0.2) is 0 Å². The number of urea groups is 1. The minimum Gasteiger partial charge on any atom is -0.342 e. The van der Waals surface area contributed by atoms with Gasteiger partial charge in [-0.15, -0.1) is 0 Å². The van der Waals surface area contributed by atoms with Crippen LogP contribution in [0.5, 0.6) is 0 Å². The molecule has 2 aromatic rings. The number of likely N-dealkylation sites (tertiary alicyclic amines) is 1. The third kappa shape index (κ3) is 4.39. The second-order valence-corrected chi connectivity index (χ2v) is 7.40. The summed E-state index contributed by atoms with van der Waals surface area (Å²) in [5, 5.41) is 5.66. The molecule has 4 rings (SSSR count). The summed E-state index contributed by atoms with van der Waals surface area (Å²) in [6.45, 7) is 2.26. The molecule has 2 aromatic carbocycles. The highest BCUT2D eigenvalue weighted by Crippen LogP contribution is 2.24. The van der Waals surface area contributed by atoms with Crippen LogP contribution in [-0.4, -0.2) is 48.9 Å². The van der Waals surface area contributed by atoms with Crippen LogP contribution in [0.25, 0.3) is 0 Å². The summed E-state index contributed by atoms with van der Waals surface area (Å²) in [4.78, 5) is 40.3. The predicted octanol–water partition coefficient (Wildman–Crippen LogP) is 2.25. The first-order valence-electron chi connectivity index (χ1n) is 9.88. The van der Waals surface area contributed by atoms with Gasteiger partial charge in [-0.1, -0.05) is 36.4 Å². The fourth-order valence-corrected chi connectivity index (χ4v) is 3.79. The van der Waals surface area contributed by atoms with Crippen molar-refractivity contribution < 1.29 is 14.4 Å². The molecule has 0 bridgehead atoms. The van der Waals surface area contributed by atoms with E-state index >= 15 is 0 Å². The molecule has 0 spiro atoms. The zero-order chi connectivity index (χ0) is 20.2. The number of nitrogens with zero attached hydrogens (tertiary/aromatic N) is 2. The molecular weight excluding hydrogens is 368 g/mol. The monoisotopic (exact) mass is 392 g/mol. The summed E-state index contributed by atoms with van der Waals surface area (Å²) >= 11 is 0. The van der Waals surface area contributed by atoms with Crippen LogP contribution >= 0.6 is 0 Å². The zero-order valence-electron chi connectivity index (χ0n) is 16.1. The molecule has 7 nitrogen and oxygen atoms in total. The lowest BCUT2D eigenvalue weighted by Gasteiger charge is -2.17. The Morgan fingerprint density at radius 2 is 1.93 bits per heavy atom. The van der Waals surface area contributed by atoms with Gasteiger partial charge in [-0.25, -0.2) is 4.79 Å². The average Bonchev–Trinajstić information content (AvgIpc) is 3.33. The molecule has 2 N–H and O–H groups in total. The Bertz CT molecular complexity index is 915. The molecule has 0 aromatic heterocycles. The van der Waals surface area contributed by atoms with Crippen molar-refractivity contribution >= 4 is 29.2 Å². The van der Waals surface area contributed by atoms with Gasteiger partial charge in [0.25, 0.3) is 0 Å². The number of hydrogen-bond donors (Lipinski definition) is 2. The van der Waals surface area contributed by atoms with Gasteiger partial charge in [0.1, 0.15) is 0 Å². The Labute approximate surface area is 169 Å². The standard InChI is InChI=1S/C22H24N4O3/c27-20-13-17(15-25(20)11-9-16-5-2-1-3-6-16)21(28)24-18-7-4-8-19(14-18)26-12-10-23-22(26)29/h1-8,14,17H,9-13,15H2,(H,23,29)(H,24,28). The number of hydrogen-bond acceptors (Lipinski definition) is 3. The van der Waals surface area contributed by atoms with Gasteiger partial charge in [-0.05, 0) is 30.2 Å². The van der Waals surface area contributed by atoms with Crippen LogP contribution in [0.3, 0.4) is 0 Å². The molecule has 0 radical (unpaired) electrons. The van der Waals surface area contributed by atoms with E-state index in [1.165, 1.54) is 5.56 Å². The molecule has 150 valence electrons. The molecule has 7 heteroatoms. The Morgan fingerprint density at radius 3 is 2.69 bits per heavy atom. The number of nitrogens with one attached hydrogen (secondary N) is 2. The highest BCUT2D eigenvalue weighted by molar-refractivity contribution is 5.98. The number of carbonyl (C=O) groups excluding carboxylic acids is 3. The fourth-order valence-electron chi connectivity index (χ4n) is 3.79. The minimum atomic E-state index is -0.364. The number of benzene rings is 2. The first kappa shape index (κ1) is 19.0. The SMILES string of the molecule is O=C(Nc1cccc(N2CCNC2=O)c1)C1CC(=O)N(CCc2ccccc2)C1. The van der Waals surface area contributed by atoms with Crippen molar-refractivity contribution in [1.29, 1.82) is 0 Å².